The molecule has 2 aromatic rings. The molecule has 6 nitrogen and oxygen atoms in total. The van der Waals surface area contributed by atoms with E-state index >= 15 is 0 Å². The number of benzene rings is 1. The van der Waals surface area contributed by atoms with E-state index in [-0.39, 0.29) is 10.9 Å². The number of urea groups is 1. The summed E-state index contributed by atoms with van der Waals surface area (Å²) in [7, 11) is -3.30. The lowest BCUT2D eigenvalue weighted by Gasteiger charge is -2.33. The second-order valence-corrected chi connectivity index (χ2v) is 8.54. The molecule has 2 amide bonds. The fourth-order valence-corrected chi connectivity index (χ4v) is 3.77. The lowest BCUT2D eigenvalue weighted by Crippen LogP contribution is -2.41. The van der Waals surface area contributed by atoms with E-state index in [4.69, 9.17) is 0 Å². The van der Waals surface area contributed by atoms with Gasteiger partial charge in [-0.2, -0.15) is 0 Å². The average Bonchev–Trinajstić information content (AvgIpc) is 3.10. The van der Waals surface area contributed by atoms with Crippen LogP contribution < -0.4 is 5.32 Å². The molecule has 0 saturated carbocycles. The van der Waals surface area contributed by atoms with Gasteiger partial charge >= 0.3 is 6.03 Å². The van der Waals surface area contributed by atoms with Crippen LogP contribution in [0.4, 0.5) is 10.5 Å². The van der Waals surface area contributed by atoms with E-state index in [0.717, 1.165) is 24.7 Å². The van der Waals surface area contributed by atoms with Crippen LogP contribution >= 0.6 is 0 Å². The highest BCUT2D eigenvalue weighted by Gasteiger charge is 2.24. The lowest BCUT2D eigenvalue weighted by molar-refractivity contribution is 0.184. The van der Waals surface area contributed by atoms with Crippen molar-refractivity contribution in [2.75, 3.05) is 24.7 Å². The molecule has 2 heterocycles. The second-order valence-electron chi connectivity index (χ2n) is 6.53. The molecule has 1 aromatic carbocycles. The highest BCUT2D eigenvalue weighted by molar-refractivity contribution is 7.90. The molecular weight excluding hydrogens is 338 g/mol. The highest BCUT2D eigenvalue weighted by atomic mass is 32.2. The first-order valence-corrected chi connectivity index (χ1v) is 10.2. The number of carbonyl (C=O) groups excluding carboxylic acids is 1. The first kappa shape index (κ1) is 17.5. The average molecular weight is 361 g/mol. The highest BCUT2D eigenvalue weighted by Crippen LogP contribution is 2.24. The smallest absolute Gasteiger partial charge is 0.321 e. The van der Waals surface area contributed by atoms with E-state index < -0.39 is 9.84 Å². The Labute approximate surface area is 148 Å². The molecule has 1 saturated heterocycles. The minimum atomic E-state index is -3.30. The zero-order valence-electron chi connectivity index (χ0n) is 14.5. The molecule has 1 N–H and O–H groups in total. The summed E-state index contributed by atoms with van der Waals surface area (Å²) in [6.45, 7) is 3.21. The Morgan fingerprint density at radius 2 is 1.80 bits per heavy atom. The van der Waals surface area contributed by atoms with Crippen LogP contribution in [0.3, 0.4) is 0 Å². The summed E-state index contributed by atoms with van der Waals surface area (Å²) in [4.78, 5) is 14.5. The quantitative estimate of drug-likeness (QED) is 0.913. The van der Waals surface area contributed by atoms with Gasteiger partial charge in [0.2, 0.25) is 0 Å². The summed E-state index contributed by atoms with van der Waals surface area (Å²) in [5.74, 6) is 0. The summed E-state index contributed by atoms with van der Waals surface area (Å²) in [6, 6.07) is 9.06. The number of hydrogen-bond acceptors (Lipinski definition) is 3. The number of likely N-dealkylation sites (tertiary alicyclic amines) is 1. The molecule has 1 aromatic heterocycles. The minimum Gasteiger partial charge on any atom is -0.351 e. The van der Waals surface area contributed by atoms with Crippen LogP contribution in [0.1, 0.15) is 24.4 Å². The van der Waals surface area contributed by atoms with E-state index in [1.807, 2.05) is 19.1 Å². The van der Waals surface area contributed by atoms with Crippen molar-refractivity contribution in [1.82, 2.24) is 9.47 Å². The van der Waals surface area contributed by atoms with Gasteiger partial charge < -0.3 is 14.8 Å². The molecule has 134 valence electrons. The number of aryl methyl sites for hydroxylation is 1. The molecule has 0 aliphatic carbocycles. The molecule has 0 bridgehead atoms. The molecule has 25 heavy (non-hydrogen) atoms. The Morgan fingerprint density at radius 1 is 1.16 bits per heavy atom. The maximum atomic E-state index is 12.5. The van der Waals surface area contributed by atoms with Crippen molar-refractivity contribution in [1.29, 1.82) is 0 Å². The summed E-state index contributed by atoms with van der Waals surface area (Å²) >= 11 is 0. The van der Waals surface area contributed by atoms with Crippen molar-refractivity contribution in [3.05, 3.63) is 48.3 Å². The van der Waals surface area contributed by atoms with Crippen molar-refractivity contribution >= 4 is 21.6 Å². The molecule has 7 heteroatoms. The third-order valence-corrected chi connectivity index (χ3v) is 5.79. The largest absolute Gasteiger partial charge is 0.351 e. The molecule has 0 radical (unpaired) electrons. The number of hydrogen-bond donors (Lipinski definition) is 1. The molecule has 0 atom stereocenters. The van der Waals surface area contributed by atoms with Gasteiger partial charge in [0.25, 0.3) is 0 Å². The van der Waals surface area contributed by atoms with Crippen molar-refractivity contribution in [3.63, 3.8) is 0 Å². The van der Waals surface area contributed by atoms with Gasteiger partial charge in [-0.05, 0) is 49.6 Å². The summed E-state index contributed by atoms with van der Waals surface area (Å²) in [6.07, 6.45) is 7.09. The summed E-state index contributed by atoms with van der Waals surface area (Å²) in [5.41, 5.74) is 1.38. The number of rotatable bonds is 3. The van der Waals surface area contributed by atoms with Gasteiger partial charge in [0.05, 0.1) is 4.90 Å². The minimum absolute atomic E-state index is 0.181. The van der Waals surface area contributed by atoms with Crippen molar-refractivity contribution in [2.24, 2.45) is 0 Å². The third-order valence-electron chi connectivity index (χ3n) is 4.68. The number of nitrogens with one attached hydrogen (secondary N) is 1. The van der Waals surface area contributed by atoms with Gasteiger partial charge in [-0.1, -0.05) is 6.07 Å². The van der Waals surface area contributed by atoms with Crippen LogP contribution in [0.5, 0.6) is 0 Å². The van der Waals surface area contributed by atoms with Crippen LogP contribution in [0.2, 0.25) is 0 Å². The number of aromatic nitrogens is 1. The van der Waals surface area contributed by atoms with Crippen LogP contribution in [0.25, 0.3) is 0 Å². The van der Waals surface area contributed by atoms with Crippen molar-refractivity contribution < 1.29 is 13.2 Å². The monoisotopic (exact) mass is 361 g/mol. The molecule has 1 aliphatic rings. The van der Waals surface area contributed by atoms with Crippen LogP contribution in [0.15, 0.2) is 47.6 Å². The van der Waals surface area contributed by atoms with Gasteiger partial charge in [-0.3, -0.25) is 0 Å². The predicted molar refractivity (Wildman–Crippen MR) is 97.6 cm³/mol. The fraction of sp³-hybridized carbons (Fsp3) is 0.389. The summed E-state index contributed by atoms with van der Waals surface area (Å²) < 4.78 is 25.6. The Balaban J connectivity index is 1.65. The Bertz CT molecular complexity index is 852. The third kappa shape index (κ3) is 4.04. The standard InChI is InChI=1S/C18H23N3O3S/c1-14-5-6-16(25(2,23)24)13-17(14)19-18(22)21-11-7-15(8-12-21)20-9-3-4-10-20/h3-6,9-10,13,15H,7-8,11-12H2,1-2H3,(H,19,22). The number of nitrogens with zero attached hydrogens (tertiary/aromatic N) is 2. The van der Waals surface area contributed by atoms with Crippen LogP contribution in [0, 0.1) is 6.92 Å². The van der Waals surface area contributed by atoms with E-state index in [9.17, 15) is 13.2 Å². The van der Waals surface area contributed by atoms with E-state index in [2.05, 4.69) is 22.3 Å². The summed E-state index contributed by atoms with van der Waals surface area (Å²) in [5, 5.41) is 2.86. The zero-order chi connectivity index (χ0) is 18.0. The van der Waals surface area contributed by atoms with Gasteiger partial charge in [0.15, 0.2) is 9.84 Å². The molecule has 0 unspecified atom stereocenters. The molecular formula is C18H23N3O3S. The number of piperidine rings is 1. The van der Waals surface area contributed by atoms with E-state index in [1.54, 1.807) is 17.0 Å². The Kier molecular flexibility index (Phi) is 4.85. The Morgan fingerprint density at radius 3 is 2.40 bits per heavy atom. The maximum Gasteiger partial charge on any atom is 0.321 e. The Hall–Kier alpha value is -2.28. The molecule has 1 fully saturated rings. The first-order valence-electron chi connectivity index (χ1n) is 8.34. The normalized spacial score (nSPS) is 16.0. The second kappa shape index (κ2) is 6.92. The van der Waals surface area contributed by atoms with Gasteiger partial charge in [0, 0.05) is 43.5 Å². The molecule has 0 spiro atoms. The first-order chi connectivity index (χ1) is 11.8. The number of amides is 2. The van der Waals surface area contributed by atoms with Crippen LogP contribution in [-0.2, 0) is 9.84 Å². The predicted octanol–water partition coefficient (Wildman–Crippen LogP) is 3.07. The topological polar surface area (TPSA) is 71.4 Å². The van der Waals surface area contributed by atoms with Crippen molar-refractivity contribution in [3.8, 4) is 0 Å². The SMILES string of the molecule is Cc1ccc(S(C)(=O)=O)cc1NC(=O)N1CCC(n2cccc2)CC1. The van der Waals surface area contributed by atoms with Crippen LogP contribution in [-0.4, -0.2) is 43.3 Å². The van der Waals surface area contributed by atoms with Gasteiger partial charge in [0.1, 0.15) is 0 Å². The number of carbonyl (C=O) groups is 1. The fourth-order valence-electron chi connectivity index (χ4n) is 3.12. The van der Waals surface area contributed by atoms with E-state index in [0.29, 0.717) is 24.8 Å². The zero-order valence-corrected chi connectivity index (χ0v) is 15.3. The molecule has 1 aliphatic heterocycles. The van der Waals surface area contributed by atoms with E-state index in [1.165, 1.54) is 6.07 Å². The molecule has 3 rings (SSSR count). The number of sulfone groups is 1. The van der Waals surface area contributed by atoms with Gasteiger partial charge in [-0.25, -0.2) is 13.2 Å². The lowest BCUT2D eigenvalue weighted by atomic mass is 10.1. The van der Waals surface area contributed by atoms with Crippen molar-refractivity contribution in [2.45, 2.75) is 30.7 Å². The van der Waals surface area contributed by atoms with Gasteiger partial charge in [-0.15, -0.1) is 0 Å². The maximum absolute atomic E-state index is 12.5. The number of anilines is 1.